The van der Waals surface area contributed by atoms with Crippen LogP contribution in [0.2, 0.25) is 5.02 Å². The van der Waals surface area contributed by atoms with Gasteiger partial charge >= 0.3 is 12.0 Å². The second kappa shape index (κ2) is 10.4. The van der Waals surface area contributed by atoms with E-state index >= 15 is 0 Å². The van der Waals surface area contributed by atoms with Crippen molar-refractivity contribution in [1.82, 2.24) is 20.2 Å². The Morgan fingerprint density at radius 1 is 1.06 bits per heavy atom. The van der Waals surface area contributed by atoms with Crippen molar-refractivity contribution in [2.75, 3.05) is 22.2 Å². The van der Waals surface area contributed by atoms with E-state index in [1.54, 1.807) is 49.0 Å². The van der Waals surface area contributed by atoms with Gasteiger partial charge in [-0.15, -0.1) is 11.8 Å². The van der Waals surface area contributed by atoms with Crippen molar-refractivity contribution >= 4 is 52.4 Å². The molecule has 4 aromatic rings. The van der Waals surface area contributed by atoms with Crippen molar-refractivity contribution in [3.63, 3.8) is 0 Å². The third-order valence-electron chi connectivity index (χ3n) is 4.36. The normalized spacial score (nSPS) is 10.6. The standard InChI is InChI=1S/C22H19ClFN7O2S/c1-12-8-19(28-20-11-18(24)30-31-20)29-22(25-12)33-17-7-6-14(10-16(17)23)27-21(32)26-13-4-3-5-15(9-13)34-2/h3-11H,1-2H3,(H2,26,27,32)(H2,25,28,29,30,31). The van der Waals surface area contributed by atoms with Crippen LogP contribution < -0.4 is 20.7 Å². The fourth-order valence-electron chi connectivity index (χ4n) is 2.90. The van der Waals surface area contributed by atoms with Crippen molar-refractivity contribution < 1.29 is 13.9 Å². The van der Waals surface area contributed by atoms with Crippen molar-refractivity contribution in [2.24, 2.45) is 0 Å². The number of anilines is 4. The number of aromatic amines is 1. The van der Waals surface area contributed by atoms with Gasteiger partial charge < -0.3 is 20.7 Å². The van der Waals surface area contributed by atoms with Crippen molar-refractivity contribution in [1.29, 1.82) is 0 Å². The summed E-state index contributed by atoms with van der Waals surface area (Å²) in [7, 11) is 0. The number of H-pyrrole nitrogens is 1. The molecule has 0 atom stereocenters. The number of hydrogen-bond donors (Lipinski definition) is 4. The van der Waals surface area contributed by atoms with Gasteiger partial charge in [-0.2, -0.15) is 14.5 Å². The molecule has 0 saturated carbocycles. The minimum atomic E-state index is -0.576. The molecule has 0 radical (unpaired) electrons. The number of urea groups is 1. The molecule has 174 valence electrons. The highest BCUT2D eigenvalue weighted by atomic mass is 35.5. The van der Waals surface area contributed by atoms with Gasteiger partial charge in [-0.3, -0.25) is 5.10 Å². The highest BCUT2D eigenvalue weighted by Crippen LogP contribution is 2.31. The number of thioether (sulfide) groups is 1. The summed E-state index contributed by atoms with van der Waals surface area (Å²) >= 11 is 7.93. The first-order chi connectivity index (χ1) is 16.4. The Labute approximate surface area is 203 Å². The first-order valence-corrected chi connectivity index (χ1v) is 11.5. The number of amides is 2. The lowest BCUT2D eigenvalue weighted by Gasteiger charge is -2.11. The van der Waals surface area contributed by atoms with Crippen molar-refractivity contribution in [3.8, 4) is 11.8 Å². The molecule has 0 bridgehead atoms. The zero-order chi connectivity index (χ0) is 24.1. The van der Waals surface area contributed by atoms with Gasteiger partial charge in [0.2, 0.25) is 5.95 Å². The summed E-state index contributed by atoms with van der Waals surface area (Å²) in [6, 6.07) is 14.8. The van der Waals surface area contributed by atoms with Gasteiger partial charge in [0.1, 0.15) is 11.6 Å². The zero-order valence-corrected chi connectivity index (χ0v) is 19.6. The third kappa shape index (κ3) is 6.15. The molecule has 4 rings (SSSR count). The molecular formula is C22H19ClFN7O2S. The van der Waals surface area contributed by atoms with E-state index in [-0.39, 0.29) is 16.9 Å². The number of nitrogens with zero attached hydrogens (tertiary/aromatic N) is 3. The van der Waals surface area contributed by atoms with Gasteiger partial charge in [-0.1, -0.05) is 17.7 Å². The number of halogens is 2. The van der Waals surface area contributed by atoms with Crippen LogP contribution in [0.5, 0.6) is 11.8 Å². The predicted molar refractivity (Wildman–Crippen MR) is 131 cm³/mol. The van der Waals surface area contributed by atoms with Crippen LogP contribution in [0.3, 0.4) is 0 Å². The van der Waals surface area contributed by atoms with E-state index < -0.39 is 12.0 Å². The summed E-state index contributed by atoms with van der Waals surface area (Å²) in [5.74, 6) is 0.342. The van der Waals surface area contributed by atoms with Crippen LogP contribution in [0, 0.1) is 12.9 Å². The molecule has 12 heteroatoms. The Balaban J connectivity index is 1.42. The lowest BCUT2D eigenvalue weighted by atomic mass is 10.3. The molecule has 2 aromatic carbocycles. The average Bonchev–Trinajstić information content (AvgIpc) is 3.19. The lowest BCUT2D eigenvalue weighted by Crippen LogP contribution is -2.19. The molecule has 0 unspecified atom stereocenters. The maximum atomic E-state index is 13.1. The van der Waals surface area contributed by atoms with E-state index in [9.17, 15) is 9.18 Å². The predicted octanol–water partition coefficient (Wildman–Crippen LogP) is 6.20. The SMILES string of the molecule is CSc1cccc(NC(=O)Nc2ccc(Oc3nc(C)cc(Nc4cc(F)[nH]n4)n3)c(Cl)c2)c1. The summed E-state index contributed by atoms with van der Waals surface area (Å²) < 4.78 is 18.8. The summed E-state index contributed by atoms with van der Waals surface area (Å²) in [5.41, 5.74) is 1.76. The Kier molecular flexibility index (Phi) is 7.14. The largest absolute Gasteiger partial charge is 0.423 e. The zero-order valence-electron chi connectivity index (χ0n) is 18.0. The number of carbonyl (C=O) groups is 1. The number of benzene rings is 2. The summed E-state index contributed by atoms with van der Waals surface area (Å²) in [6.07, 6.45) is 1.96. The molecule has 0 aliphatic carbocycles. The average molecular weight is 500 g/mol. The molecule has 34 heavy (non-hydrogen) atoms. The third-order valence-corrected chi connectivity index (χ3v) is 5.38. The van der Waals surface area contributed by atoms with E-state index in [0.717, 1.165) is 4.90 Å². The van der Waals surface area contributed by atoms with Gasteiger partial charge in [0, 0.05) is 34.1 Å². The van der Waals surface area contributed by atoms with Gasteiger partial charge in [0.15, 0.2) is 5.82 Å². The number of hydrogen-bond acceptors (Lipinski definition) is 7. The number of aromatic nitrogens is 4. The van der Waals surface area contributed by atoms with Gasteiger partial charge in [0.05, 0.1) is 5.02 Å². The topological polar surface area (TPSA) is 117 Å². The Morgan fingerprint density at radius 3 is 2.56 bits per heavy atom. The van der Waals surface area contributed by atoms with E-state index in [1.165, 1.54) is 6.07 Å². The number of aryl methyl sites for hydroxylation is 1. The number of carbonyl (C=O) groups excluding carboxylic acids is 1. The molecule has 2 amide bonds. The minimum absolute atomic E-state index is 0.0348. The highest BCUT2D eigenvalue weighted by Gasteiger charge is 2.11. The molecule has 0 aliphatic rings. The Bertz CT molecular complexity index is 1330. The Morgan fingerprint density at radius 2 is 1.85 bits per heavy atom. The monoisotopic (exact) mass is 499 g/mol. The Hall–Kier alpha value is -3.83. The molecular weight excluding hydrogens is 481 g/mol. The van der Waals surface area contributed by atoms with E-state index in [1.807, 2.05) is 24.5 Å². The fraction of sp³-hybridized carbons (Fsp3) is 0.0909. The number of ether oxygens (including phenoxy) is 1. The number of nitrogens with one attached hydrogen (secondary N) is 4. The molecule has 0 aliphatic heterocycles. The molecule has 0 fully saturated rings. The molecule has 4 N–H and O–H groups in total. The van der Waals surface area contributed by atoms with Crippen LogP contribution in [0.15, 0.2) is 59.5 Å². The summed E-state index contributed by atoms with van der Waals surface area (Å²) in [4.78, 5) is 21.9. The first kappa shape index (κ1) is 23.3. The maximum Gasteiger partial charge on any atom is 0.324 e. The molecule has 0 spiro atoms. The van der Waals surface area contributed by atoms with Crippen LogP contribution in [-0.2, 0) is 0 Å². The smallest absolute Gasteiger partial charge is 0.324 e. The van der Waals surface area contributed by atoms with E-state index in [4.69, 9.17) is 16.3 Å². The maximum absolute atomic E-state index is 13.1. The van der Waals surface area contributed by atoms with Gasteiger partial charge in [-0.25, -0.2) is 9.78 Å². The van der Waals surface area contributed by atoms with Crippen LogP contribution in [-0.4, -0.2) is 32.5 Å². The highest BCUT2D eigenvalue weighted by molar-refractivity contribution is 7.98. The van der Waals surface area contributed by atoms with E-state index in [0.29, 0.717) is 28.6 Å². The van der Waals surface area contributed by atoms with Crippen LogP contribution in [0.25, 0.3) is 0 Å². The first-order valence-electron chi connectivity index (χ1n) is 9.91. The van der Waals surface area contributed by atoms with Crippen LogP contribution in [0.4, 0.5) is 32.2 Å². The van der Waals surface area contributed by atoms with Gasteiger partial charge in [0.25, 0.3) is 0 Å². The lowest BCUT2D eigenvalue weighted by molar-refractivity contribution is 0.262. The second-order valence-corrected chi connectivity index (χ2v) is 8.25. The molecule has 2 aromatic heterocycles. The fourth-order valence-corrected chi connectivity index (χ4v) is 3.58. The van der Waals surface area contributed by atoms with Crippen molar-refractivity contribution in [2.45, 2.75) is 11.8 Å². The number of rotatable bonds is 7. The quantitative estimate of drug-likeness (QED) is 0.223. The summed E-state index contributed by atoms with van der Waals surface area (Å²) in [6.45, 7) is 1.76. The molecule has 9 nitrogen and oxygen atoms in total. The molecule has 0 saturated heterocycles. The molecule has 2 heterocycles. The summed E-state index contributed by atoms with van der Waals surface area (Å²) in [5, 5.41) is 14.6. The second-order valence-electron chi connectivity index (χ2n) is 6.96. The van der Waals surface area contributed by atoms with Crippen LogP contribution >= 0.6 is 23.4 Å². The minimum Gasteiger partial charge on any atom is -0.423 e. The van der Waals surface area contributed by atoms with Crippen molar-refractivity contribution in [3.05, 3.63) is 71.3 Å². The van der Waals surface area contributed by atoms with Gasteiger partial charge in [-0.05, 0) is 49.6 Å². The van der Waals surface area contributed by atoms with E-state index in [2.05, 4.69) is 36.1 Å². The van der Waals surface area contributed by atoms with Crippen LogP contribution in [0.1, 0.15) is 5.69 Å².